The van der Waals surface area contributed by atoms with Crippen LogP contribution >= 0.6 is 15.9 Å². The number of ether oxygens (including phenoxy) is 1. The van der Waals surface area contributed by atoms with E-state index in [1.54, 1.807) is 23.9 Å². The average molecular weight is 337 g/mol. The van der Waals surface area contributed by atoms with Gasteiger partial charge in [0.15, 0.2) is 0 Å². The van der Waals surface area contributed by atoms with Crippen LogP contribution in [0, 0.1) is 6.92 Å². The van der Waals surface area contributed by atoms with E-state index in [0.29, 0.717) is 6.54 Å². The van der Waals surface area contributed by atoms with Gasteiger partial charge in [0, 0.05) is 28.8 Å². The van der Waals surface area contributed by atoms with Gasteiger partial charge in [0.25, 0.3) is 5.56 Å². The highest BCUT2D eigenvalue weighted by molar-refractivity contribution is 9.10. The van der Waals surface area contributed by atoms with Crippen molar-refractivity contribution in [1.29, 1.82) is 0 Å². The number of aromatic nitrogens is 1. The van der Waals surface area contributed by atoms with Crippen LogP contribution in [0.5, 0.6) is 5.75 Å². The van der Waals surface area contributed by atoms with Crippen molar-refractivity contribution in [3.63, 3.8) is 0 Å². The summed E-state index contributed by atoms with van der Waals surface area (Å²) in [5.41, 5.74) is 8.17. The van der Waals surface area contributed by atoms with Gasteiger partial charge in [-0.15, -0.1) is 0 Å². The third-order valence-electron chi connectivity index (χ3n) is 3.13. The molecule has 0 aliphatic heterocycles. The molecule has 0 saturated heterocycles. The van der Waals surface area contributed by atoms with Crippen molar-refractivity contribution < 1.29 is 4.74 Å². The normalized spacial score (nSPS) is 12.2. The molecular formula is C15H17BrN2O2. The smallest absolute Gasteiger partial charge is 0.250 e. The Kier molecular flexibility index (Phi) is 4.62. The highest BCUT2D eigenvalue weighted by Crippen LogP contribution is 2.25. The van der Waals surface area contributed by atoms with Crippen molar-refractivity contribution in [2.45, 2.75) is 19.5 Å². The van der Waals surface area contributed by atoms with Crippen LogP contribution in [-0.2, 0) is 6.54 Å². The van der Waals surface area contributed by atoms with Crippen molar-refractivity contribution in [1.82, 2.24) is 4.57 Å². The van der Waals surface area contributed by atoms with Gasteiger partial charge >= 0.3 is 0 Å². The molecule has 0 aliphatic carbocycles. The van der Waals surface area contributed by atoms with E-state index in [-0.39, 0.29) is 11.6 Å². The number of halogens is 1. The molecule has 0 bridgehead atoms. The minimum Gasteiger partial charge on any atom is -0.496 e. The summed E-state index contributed by atoms with van der Waals surface area (Å²) < 4.78 is 7.78. The van der Waals surface area contributed by atoms with Gasteiger partial charge in [0.1, 0.15) is 5.75 Å². The summed E-state index contributed by atoms with van der Waals surface area (Å²) in [5.74, 6) is 0.742. The van der Waals surface area contributed by atoms with E-state index in [4.69, 9.17) is 10.5 Å². The molecule has 106 valence electrons. The highest BCUT2D eigenvalue weighted by atomic mass is 79.9. The van der Waals surface area contributed by atoms with Crippen LogP contribution in [0.4, 0.5) is 0 Å². The SMILES string of the molecule is COc1ccc(C)cc1C(N)Cn1cc(Br)ccc1=O. The van der Waals surface area contributed by atoms with Gasteiger partial charge in [-0.3, -0.25) is 4.79 Å². The number of nitrogens with two attached hydrogens (primary N) is 1. The predicted molar refractivity (Wildman–Crippen MR) is 83.1 cm³/mol. The third kappa shape index (κ3) is 3.29. The van der Waals surface area contributed by atoms with Crippen LogP contribution in [0.15, 0.2) is 45.8 Å². The zero-order chi connectivity index (χ0) is 14.7. The molecule has 2 aromatic rings. The van der Waals surface area contributed by atoms with E-state index in [1.165, 1.54) is 6.07 Å². The van der Waals surface area contributed by atoms with Crippen LogP contribution < -0.4 is 16.0 Å². The standard InChI is InChI=1S/C15H17BrN2O2/c1-10-3-5-14(20-2)12(7-10)13(17)9-18-8-11(16)4-6-15(18)19/h3-8,13H,9,17H2,1-2H3. The Bertz CT molecular complexity index is 667. The first-order valence-corrected chi connectivity index (χ1v) is 7.06. The molecule has 4 nitrogen and oxygen atoms in total. The van der Waals surface area contributed by atoms with Crippen LogP contribution in [0.25, 0.3) is 0 Å². The summed E-state index contributed by atoms with van der Waals surface area (Å²) in [6.07, 6.45) is 1.74. The minimum atomic E-state index is -0.308. The molecular weight excluding hydrogens is 320 g/mol. The van der Waals surface area contributed by atoms with Gasteiger partial charge < -0.3 is 15.0 Å². The number of aryl methyl sites for hydroxylation is 1. The number of hydrogen-bond acceptors (Lipinski definition) is 3. The fourth-order valence-electron chi connectivity index (χ4n) is 2.10. The Morgan fingerprint density at radius 2 is 2.10 bits per heavy atom. The molecule has 0 aliphatic rings. The molecule has 0 radical (unpaired) electrons. The lowest BCUT2D eigenvalue weighted by molar-refractivity contribution is 0.401. The van der Waals surface area contributed by atoms with Crippen LogP contribution in [0.3, 0.4) is 0 Å². The monoisotopic (exact) mass is 336 g/mol. The molecule has 1 unspecified atom stereocenters. The maximum absolute atomic E-state index is 11.8. The Morgan fingerprint density at radius 1 is 1.35 bits per heavy atom. The van der Waals surface area contributed by atoms with Gasteiger partial charge in [0.2, 0.25) is 0 Å². The summed E-state index contributed by atoms with van der Waals surface area (Å²) >= 11 is 3.36. The van der Waals surface area contributed by atoms with Crippen LogP contribution in [0.2, 0.25) is 0 Å². The van der Waals surface area contributed by atoms with Crippen molar-refractivity contribution >= 4 is 15.9 Å². The summed E-state index contributed by atoms with van der Waals surface area (Å²) in [5, 5.41) is 0. The van der Waals surface area contributed by atoms with Gasteiger partial charge in [-0.25, -0.2) is 0 Å². The fourth-order valence-corrected chi connectivity index (χ4v) is 2.48. The summed E-state index contributed by atoms with van der Waals surface area (Å²) in [6, 6.07) is 8.79. The molecule has 0 amide bonds. The zero-order valence-electron chi connectivity index (χ0n) is 11.5. The summed E-state index contributed by atoms with van der Waals surface area (Å²) in [4.78, 5) is 11.8. The van der Waals surface area contributed by atoms with Crippen molar-refractivity contribution in [3.05, 3.63) is 62.5 Å². The second-order valence-electron chi connectivity index (χ2n) is 4.69. The Morgan fingerprint density at radius 3 is 2.80 bits per heavy atom. The topological polar surface area (TPSA) is 57.2 Å². The molecule has 0 fully saturated rings. The first-order valence-electron chi connectivity index (χ1n) is 6.27. The average Bonchev–Trinajstić information content (AvgIpc) is 2.42. The van der Waals surface area contributed by atoms with Gasteiger partial charge in [0.05, 0.1) is 13.2 Å². The van der Waals surface area contributed by atoms with E-state index in [1.807, 2.05) is 25.1 Å². The molecule has 5 heteroatoms. The zero-order valence-corrected chi connectivity index (χ0v) is 13.1. The second-order valence-corrected chi connectivity index (χ2v) is 5.61. The van der Waals surface area contributed by atoms with Gasteiger partial charge in [-0.1, -0.05) is 17.7 Å². The van der Waals surface area contributed by atoms with E-state index in [2.05, 4.69) is 15.9 Å². The lowest BCUT2D eigenvalue weighted by Gasteiger charge is -2.17. The molecule has 20 heavy (non-hydrogen) atoms. The maximum atomic E-state index is 11.8. The number of methoxy groups -OCH3 is 1. The van der Waals surface area contributed by atoms with E-state index in [9.17, 15) is 4.79 Å². The summed E-state index contributed by atoms with van der Waals surface area (Å²) in [6.45, 7) is 2.40. The quantitative estimate of drug-likeness (QED) is 0.933. The van der Waals surface area contributed by atoms with Crippen molar-refractivity contribution in [3.8, 4) is 5.75 Å². The third-order valence-corrected chi connectivity index (χ3v) is 3.59. The fraction of sp³-hybridized carbons (Fsp3) is 0.267. The van der Waals surface area contributed by atoms with E-state index < -0.39 is 0 Å². The number of hydrogen-bond donors (Lipinski definition) is 1. The van der Waals surface area contributed by atoms with Gasteiger partial charge in [-0.05, 0) is 35.0 Å². The molecule has 1 heterocycles. The number of pyridine rings is 1. The van der Waals surface area contributed by atoms with Crippen LogP contribution in [0.1, 0.15) is 17.2 Å². The van der Waals surface area contributed by atoms with E-state index >= 15 is 0 Å². The molecule has 0 spiro atoms. The van der Waals surface area contributed by atoms with E-state index in [0.717, 1.165) is 21.3 Å². The molecule has 1 aromatic heterocycles. The summed E-state index contributed by atoms with van der Waals surface area (Å²) in [7, 11) is 1.62. The number of nitrogens with zero attached hydrogens (tertiary/aromatic N) is 1. The number of benzene rings is 1. The van der Waals surface area contributed by atoms with Crippen LogP contribution in [-0.4, -0.2) is 11.7 Å². The van der Waals surface area contributed by atoms with Crippen molar-refractivity contribution in [2.75, 3.05) is 7.11 Å². The highest BCUT2D eigenvalue weighted by Gasteiger charge is 2.13. The Hall–Kier alpha value is -1.59. The molecule has 0 saturated carbocycles. The second kappa shape index (κ2) is 6.24. The van der Waals surface area contributed by atoms with Crippen molar-refractivity contribution in [2.24, 2.45) is 5.73 Å². The largest absolute Gasteiger partial charge is 0.496 e. The lowest BCUT2D eigenvalue weighted by Crippen LogP contribution is -2.26. The molecule has 1 aromatic carbocycles. The first-order chi connectivity index (χ1) is 9.51. The maximum Gasteiger partial charge on any atom is 0.250 e. The minimum absolute atomic E-state index is 0.0738. The Balaban J connectivity index is 2.32. The molecule has 2 N–H and O–H groups in total. The molecule has 1 atom stereocenters. The molecule has 2 rings (SSSR count). The predicted octanol–water partition coefficient (Wildman–Crippen LogP) is 2.63. The lowest BCUT2D eigenvalue weighted by atomic mass is 10.0. The Labute approximate surface area is 126 Å². The first kappa shape index (κ1) is 14.8. The number of rotatable bonds is 4. The van der Waals surface area contributed by atoms with Gasteiger partial charge in [-0.2, -0.15) is 0 Å².